The average molecular weight is 879 g/mol. The molecule has 0 fully saturated rings. The number of anilines is 6. The Labute approximate surface area is 362 Å². The number of carboxylic acid groups (broad SMARTS) is 1. The van der Waals surface area contributed by atoms with E-state index in [4.69, 9.17) is 0 Å². The van der Waals surface area contributed by atoms with Gasteiger partial charge < -0.3 is 46.0 Å². The van der Waals surface area contributed by atoms with Gasteiger partial charge in [0.05, 0.1) is 32.0 Å². The molecule has 20 heteroatoms. The number of nitrogens with one attached hydrogen (secondary N) is 2. The van der Waals surface area contributed by atoms with E-state index < -0.39 is 21.0 Å². The average Bonchev–Trinajstić information content (AvgIpc) is 3.26. The molecule has 328 valence electrons. The van der Waals surface area contributed by atoms with Crippen LogP contribution in [0.3, 0.4) is 0 Å². The number of carboxylic acids is 1. The molecular formula is C43H46N10O9S. The Morgan fingerprint density at radius 1 is 0.603 bits per heavy atom. The van der Waals surface area contributed by atoms with E-state index >= 15 is 0 Å². The molecule has 0 atom stereocenters. The SMILES string of the molecule is O=C(O)c1ccccc1Cc1nc(Nc2ccc(/C=C/c3ccc(Nc4nc(Cc5ccccc5)nc(N(CCO)CCO)n4)cc3)c(S(=O)(=O)O)c2)nc(N(CCO)CCO)n1. The number of aromatic carboxylic acids is 1. The molecule has 0 saturated carbocycles. The van der Waals surface area contributed by atoms with Gasteiger partial charge in [0.1, 0.15) is 16.5 Å². The molecule has 0 spiro atoms. The van der Waals surface area contributed by atoms with Gasteiger partial charge in [-0.05, 0) is 52.6 Å². The Balaban J connectivity index is 1.23. The lowest BCUT2D eigenvalue weighted by molar-refractivity contribution is 0.0695. The third-order valence-corrected chi connectivity index (χ3v) is 10.3. The quantitative estimate of drug-likeness (QED) is 0.0358. The smallest absolute Gasteiger partial charge is 0.335 e. The van der Waals surface area contributed by atoms with Crippen molar-refractivity contribution in [3.05, 3.63) is 137 Å². The van der Waals surface area contributed by atoms with E-state index in [1.165, 1.54) is 29.2 Å². The summed E-state index contributed by atoms with van der Waals surface area (Å²) >= 11 is 0. The monoisotopic (exact) mass is 878 g/mol. The molecule has 2 heterocycles. The van der Waals surface area contributed by atoms with Crippen molar-refractivity contribution in [1.29, 1.82) is 0 Å². The van der Waals surface area contributed by atoms with Gasteiger partial charge in [0, 0.05) is 50.4 Å². The molecule has 0 aliphatic rings. The Kier molecular flexibility index (Phi) is 15.7. The van der Waals surface area contributed by atoms with Crippen molar-refractivity contribution in [3.63, 3.8) is 0 Å². The van der Waals surface area contributed by atoms with Crippen molar-refractivity contribution < 1.29 is 43.3 Å². The molecule has 0 saturated heterocycles. The number of nitrogens with zero attached hydrogens (tertiary/aromatic N) is 8. The summed E-state index contributed by atoms with van der Waals surface area (Å²) in [6.07, 6.45) is 3.60. The van der Waals surface area contributed by atoms with Crippen molar-refractivity contribution in [2.45, 2.75) is 17.7 Å². The van der Waals surface area contributed by atoms with Crippen molar-refractivity contribution >= 4 is 63.4 Å². The molecule has 0 aliphatic heterocycles. The molecule has 4 aromatic carbocycles. The van der Waals surface area contributed by atoms with Crippen LogP contribution in [0.5, 0.6) is 0 Å². The molecule has 6 aromatic rings. The summed E-state index contributed by atoms with van der Waals surface area (Å²) in [6.45, 7) is -0.352. The van der Waals surface area contributed by atoms with E-state index in [1.54, 1.807) is 59.5 Å². The summed E-state index contributed by atoms with van der Waals surface area (Å²) in [6, 6.07) is 27.4. The summed E-state index contributed by atoms with van der Waals surface area (Å²) in [5.74, 6) is 0.0709. The van der Waals surface area contributed by atoms with Crippen LogP contribution < -0.4 is 20.4 Å². The van der Waals surface area contributed by atoms with E-state index in [1.807, 2.05) is 30.3 Å². The maximum atomic E-state index is 12.7. The minimum absolute atomic E-state index is 0.0144. The maximum absolute atomic E-state index is 12.7. The molecule has 19 nitrogen and oxygen atoms in total. The van der Waals surface area contributed by atoms with Crippen LogP contribution >= 0.6 is 0 Å². The lowest BCUT2D eigenvalue weighted by Crippen LogP contribution is -2.32. The number of rotatable bonds is 22. The van der Waals surface area contributed by atoms with Crippen LogP contribution in [0.15, 0.2) is 102 Å². The zero-order valence-electron chi connectivity index (χ0n) is 33.9. The summed E-state index contributed by atoms with van der Waals surface area (Å²) in [4.78, 5) is 41.8. The molecule has 63 heavy (non-hydrogen) atoms. The van der Waals surface area contributed by atoms with Crippen molar-refractivity contribution in [2.24, 2.45) is 0 Å². The number of aliphatic hydroxyl groups excluding tert-OH is 4. The highest BCUT2D eigenvalue weighted by Gasteiger charge is 2.20. The molecule has 0 radical (unpaired) electrons. The summed E-state index contributed by atoms with van der Waals surface area (Å²) in [7, 11) is -4.76. The van der Waals surface area contributed by atoms with Crippen molar-refractivity contribution in [2.75, 3.05) is 73.0 Å². The van der Waals surface area contributed by atoms with Gasteiger partial charge in [-0.3, -0.25) is 4.55 Å². The topological polar surface area (TPSA) is 280 Å². The third-order valence-electron chi connectivity index (χ3n) is 9.36. The minimum Gasteiger partial charge on any atom is -0.478 e. The highest BCUT2D eigenvalue weighted by Crippen LogP contribution is 2.26. The molecule has 0 aliphatic carbocycles. The normalized spacial score (nSPS) is 11.4. The summed E-state index contributed by atoms with van der Waals surface area (Å²) in [5, 5.41) is 54.4. The fourth-order valence-electron chi connectivity index (χ4n) is 6.40. The number of aliphatic hydroxyl groups is 4. The highest BCUT2D eigenvalue weighted by atomic mass is 32.2. The van der Waals surface area contributed by atoms with Gasteiger partial charge >= 0.3 is 5.97 Å². The molecule has 6 rings (SSSR count). The van der Waals surface area contributed by atoms with Crippen LogP contribution in [0.4, 0.5) is 35.2 Å². The van der Waals surface area contributed by atoms with Crippen LogP contribution in [0, 0.1) is 0 Å². The molecule has 0 bridgehead atoms. The number of hydrogen-bond acceptors (Lipinski definition) is 17. The molecule has 8 N–H and O–H groups in total. The van der Waals surface area contributed by atoms with Gasteiger partial charge in [-0.2, -0.15) is 38.3 Å². The van der Waals surface area contributed by atoms with Gasteiger partial charge in [0.25, 0.3) is 10.1 Å². The van der Waals surface area contributed by atoms with Gasteiger partial charge in [-0.25, -0.2) is 4.79 Å². The number of carbonyl (C=O) groups is 1. The Morgan fingerprint density at radius 3 is 1.68 bits per heavy atom. The van der Waals surface area contributed by atoms with Gasteiger partial charge in [-0.1, -0.05) is 78.9 Å². The largest absolute Gasteiger partial charge is 0.478 e. The predicted molar refractivity (Wildman–Crippen MR) is 236 cm³/mol. The second-order valence-corrected chi connectivity index (χ2v) is 15.2. The summed E-state index contributed by atoms with van der Waals surface area (Å²) in [5.41, 5.74) is 3.13. The number of aromatic nitrogens is 6. The highest BCUT2D eigenvalue weighted by molar-refractivity contribution is 7.86. The van der Waals surface area contributed by atoms with Crippen molar-refractivity contribution in [3.8, 4) is 0 Å². The third kappa shape index (κ3) is 12.8. The lowest BCUT2D eigenvalue weighted by atomic mass is 10.0. The standard InChI is InChI=1S/C43H46N10O9S/c54-22-18-52(19-23-55)42-48-37(26-30-6-2-1-3-7-30)46-40(50-42)44-33-15-11-29(12-16-33)10-13-31-14-17-34(28-36(31)63(60,61)62)45-41-47-38(27-32-8-4-5-9-35(32)39(58)59)49-43(51-41)53(20-24-56)21-25-57/h1-17,28,54-57H,18-27H2,(H,58,59)(H,60,61,62)(H,44,46,48,50)(H,45,47,49,51)/b13-10+. The zero-order chi connectivity index (χ0) is 44.8. The molecule has 0 amide bonds. The molecule has 0 unspecified atom stereocenters. The van der Waals surface area contributed by atoms with Gasteiger partial charge in [0.2, 0.25) is 23.8 Å². The van der Waals surface area contributed by atoms with Crippen LogP contribution in [0.1, 0.15) is 44.3 Å². The van der Waals surface area contributed by atoms with Gasteiger partial charge in [0.15, 0.2) is 0 Å². The van der Waals surface area contributed by atoms with E-state index in [2.05, 4.69) is 40.5 Å². The van der Waals surface area contributed by atoms with Crippen LogP contribution in [-0.4, -0.2) is 127 Å². The fourth-order valence-corrected chi connectivity index (χ4v) is 7.11. The van der Waals surface area contributed by atoms with E-state index in [0.29, 0.717) is 35.0 Å². The first-order valence-corrected chi connectivity index (χ1v) is 21.1. The maximum Gasteiger partial charge on any atom is 0.335 e. The molecule has 2 aromatic heterocycles. The van der Waals surface area contributed by atoms with Gasteiger partial charge in [-0.15, -0.1) is 0 Å². The Bertz CT molecular complexity index is 2610. The Hall–Kier alpha value is -6.94. The zero-order valence-corrected chi connectivity index (χ0v) is 34.7. The van der Waals surface area contributed by atoms with E-state index in [0.717, 1.165) is 5.56 Å². The van der Waals surface area contributed by atoms with E-state index in [9.17, 15) is 43.3 Å². The first kappa shape index (κ1) is 45.6. The van der Waals surface area contributed by atoms with Crippen molar-refractivity contribution in [1.82, 2.24) is 29.9 Å². The van der Waals surface area contributed by atoms with Crippen LogP contribution in [0.25, 0.3) is 12.2 Å². The second-order valence-electron chi connectivity index (χ2n) is 13.9. The van der Waals surface area contributed by atoms with Crippen LogP contribution in [-0.2, 0) is 23.0 Å². The fraction of sp³-hybridized carbons (Fsp3) is 0.233. The molecular weight excluding hydrogens is 833 g/mol. The second kappa shape index (κ2) is 21.7. The van der Waals surface area contributed by atoms with E-state index in [-0.39, 0.29) is 99.5 Å². The Morgan fingerprint density at radius 2 is 1.13 bits per heavy atom. The lowest BCUT2D eigenvalue weighted by Gasteiger charge is -2.21. The minimum atomic E-state index is -4.76. The summed E-state index contributed by atoms with van der Waals surface area (Å²) < 4.78 is 35.6. The first-order chi connectivity index (χ1) is 30.5. The predicted octanol–water partition coefficient (Wildman–Crippen LogP) is 3.42. The number of benzene rings is 4. The first-order valence-electron chi connectivity index (χ1n) is 19.7. The number of hydrogen-bond donors (Lipinski definition) is 8. The van der Waals surface area contributed by atoms with Crippen LogP contribution in [0.2, 0.25) is 0 Å².